The molecule has 2 rings (SSSR count). The quantitative estimate of drug-likeness (QED) is 0.875. The fourth-order valence-electron chi connectivity index (χ4n) is 2.34. The first-order chi connectivity index (χ1) is 9.15. The van der Waals surface area contributed by atoms with Gasteiger partial charge in [-0.25, -0.2) is 8.78 Å². The van der Waals surface area contributed by atoms with Crippen molar-refractivity contribution in [1.82, 2.24) is 0 Å². The normalized spacial score (nSPS) is 14.1. The molecule has 2 aromatic rings. The van der Waals surface area contributed by atoms with Gasteiger partial charge in [0.1, 0.15) is 11.6 Å². The topological polar surface area (TPSA) is 20.2 Å². The second-order valence-electron chi connectivity index (χ2n) is 4.51. The minimum absolute atomic E-state index is 0.252. The van der Waals surface area contributed by atoms with Crippen LogP contribution in [0.1, 0.15) is 36.5 Å². The molecule has 0 spiro atoms. The van der Waals surface area contributed by atoms with Gasteiger partial charge in [-0.2, -0.15) is 0 Å². The van der Waals surface area contributed by atoms with Crippen molar-refractivity contribution < 1.29 is 13.9 Å². The van der Waals surface area contributed by atoms with E-state index < -0.39 is 17.7 Å². The molecular formula is C16H16F2O. The maximum atomic E-state index is 13.7. The van der Waals surface area contributed by atoms with Gasteiger partial charge < -0.3 is 5.11 Å². The number of rotatable bonds is 4. The van der Waals surface area contributed by atoms with Crippen molar-refractivity contribution in [3.63, 3.8) is 0 Å². The Bertz CT molecular complexity index is 519. The largest absolute Gasteiger partial charge is 0.388 e. The summed E-state index contributed by atoms with van der Waals surface area (Å²) in [6.07, 6.45) is -0.590. The highest BCUT2D eigenvalue weighted by Crippen LogP contribution is 2.35. The third kappa shape index (κ3) is 2.82. The van der Waals surface area contributed by atoms with Gasteiger partial charge in [0.25, 0.3) is 0 Å². The summed E-state index contributed by atoms with van der Waals surface area (Å²) in [5.74, 6) is -1.74. The fourth-order valence-corrected chi connectivity index (χ4v) is 2.34. The van der Waals surface area contributed by atoms with Crippen LogP contribution in [0.25, 0.3) is 0 Å². The van der Waals surface area contributed by atoms with E-state index in [1.54, 1.807) is 0 Å². The Hall–Kier alpha value is -1.74. The van der Waals surface area contributed by atoms with Crippen molar-refractivity contribution in [2.45, 2.75) is 25.4 Å². The molecule has 0 heterocycles. The van der Waals surface area contributed by atoms with E-state index >= 15 is 0 Å². The molecule has 0 radical (unpaired) electrons. The SMILES string of the molecule is CCC(c1ccccc1)C(O)c1c(F)cccc1F. The summed E-state index contributed by atoms with van der Waals surface area (Å²) in [4.78, 5) is 0. The zero-order valence-corrected chi connectivity index (χ0v) is 10.7. The zero-order chi connectivity index (χ0) is 13.8. The van der Waals surface area contributed by atoms with Crippen molar-refractivity contribution >= 4 is 0 Å². The van der Waals surface area contributed by atoms with Gasteiger partial charge in [0.05, 0.1) is 11.7 Å². The van der Waals surface area contributed by atoms with E-state index in [0.29, 0.717) is 6.42 Å². The van der Waals surface area contributed by atoms with Gasteiger partial charge in [-0.05, 0) is 24.1 Å². The van der Waals surface area contributed by atoms with Gasteiger partial charge in [-0.15, -0.1) is 0 Å². The minimum atomic E-state index is -1.19. The molecule has 0 aromatic heterocycles. The van der Waals surface area contributed by atoms with Crippen LogP contribution < -0.4 is 0 Å². The molecule has 3 heteroatoms. The zero-order valence-electron chi connectivity index (χ0n) is 10.7. The molecule has 0 aliphatic rings. The van der Waals surface area contributed by atoms with Gasteiger partial charge in [-0.3, -0.25) is 0 Å². The Kier molecular flexibility index (Phi) is 4.27. The molecule has 0 saturated heterocycles. The van der Waals surface area contributed by atoms with Gasteiger partial charge in [-0.1, -0.05) is 43.3 Å². The van der Waals surface area contributed by atoms with E-state index in [0.717, 1.165) is 5.56 Å². The molecule has 0 bridgehead atoms. The van der Waals surface area contributed by atoms with Gasteiger partial charge in [0.2, 0.25) is 0 Å². The maximum Gasteiger partial charge on any atom is 0.131 e. The molecule has 1 N–H and O–H groups in total. The molecule has 100 valence electrons. The van der Waals surface area contributed by atoms with Crippen LogP contribution in [0.5, 0.6) is 0 Å². The molecule has 0 amide bonds. The fraction of sp³-hybridized carbons (Fsp3) is 0.250. The van der Waals surface area contributed by atoms with Gasteiger partial charge >= 0.3 is 0 Å². The monoisotopic (exact) mass is 262 g/mol. The van der Waals surface area contributed by atoms with Gasteiger partial charge in [0.15, 0.2) is 0 Å². The molecule has 2 aromatic carbocycles. The van der Waals surface area contributed by atoms with Crippen LogP contribution in [0.4, 0.5) is 8.78 Å². The standard InChI is InChI=1S/C16H16F2O/c1-2-12(11-7-4-3-5-8-11)16(19)15-13(17)9-6-10-14(15)18/h3-10,12,16,19H,2H2,1H3. The summed E-state index contributed by atoms with van der Waals surface area (Å²) in [5.41, 5.74) is 0.623. The molecule has 2 unspecified atom stereocenters. The lowest BCUT2D eigenvalue weighted by Gasteiger charge is -2.23. The van der Waals surface area contributed by atoms with Crippen LogP contribution in [-0.2, 0) is 0 Å². The van der Waals surface area contributed by atoms with E-state index in [9.17, 15) is 13.9 Å². The summed E-state index contributed by atoms with van der Waals surface area (Å²) >= 11 is 0. The van der Waals surface area contributed by atoms with Crippen LogP contribution in [0, 0.1) is 11.6 Å². The molecular weight excluding hydrogens is 246 g/mol. The molecule has 1 nitrogen and oxygen atoms in total. The predicted octanol–water partition coefficient (Wildman–Crippen LogP) is 4.19. The van der Waals surface area contributed by atoms with E-state index in [1.165, 1.54) is 18.2 Å². The molecule has 2 atom stereocenters. The Morgan fingerprint density at radius 1 is 0.947 bits per heavy atom. The molecule has 0 saturated carbocycles. The molecule has 0 aliphatic carbocycles. The Morgan fingerprint density at radius 2 is 1.53 bits per heavy atom. The summed E-state index contributed by atoms with van der Waals surface area (Å²) in [6, 6.07) is 12.9. The first-order valence-corrected chi connectivity index (χ1v) is 6.32. The number of hydrogen-bond donors (Lipinski definition) is 1. The average molecular weight is 262 g/mol. The van der Waals surface area contributed by atoms with Crippen molar-refractivity contribution in [1.29, 1.82) is 0 Å². The lowest BCUT2D eigenvalue weighted by Crippen LogP contribution is -2.13. The molecule has 19 heavy (non-hydrogen) atoms. The number of aliphatic hydroxyl groups is 1. The van der Waals surface area contributed by atoms with E-state index in [-0.39, 0.29) is 11.5 Å². The highest BCUT2D eigenvalue weighted by Gasteiger charge is 2.26. The van der Waals surface area contributed by atoms with Crippen LogP contribution in [-0.4, -0.2) is 5.11 Å². The lowest BCUT2D eigenvalue weighted by molar-refractivity contribution is 0.133. The summed E-state index contributed by atoms with van der Waals surface area (Å²) < 4.78 is 27.4. The number of hydrogen-bond acceptors (Lipinski definition) is 1. The smallest absolute Gasteiger partial charge is 0.131 e. The number of halogens is 2. The number of aliphatic hydroxyl groups excluding tert-OH is 1. The second kappa shape index (κ2) is 5.93. The van der Waals surface area contributed by atoms with Crippen LogP contribution in [0.15, 0.2) is 48.5 Å². The highest BCUT2D eigenvalue weighted by molar-refractivity contribution is 5.28. The average Bonchev–Trinajstić information content (AvgIpc) is 2.40. The van der Waals surface area contributed by atoms with Gasteiger partial charge in [0, 0.05) is 5.92 Å². The van der Waals surface area contributed by atoms with Crippen molar-refractivity contribution in [3.05, 3.63) is 71.3 Å². The first kappa shape index (κ1) is 13.7. The predicted molar refractivity (Wildman–Crippen MR) is 70.8 cm³/mol. The van der Waals surface area contributed by atoms with Crippen LogP contribution in [0.2, 0.25) is 0 Å². The maximum absolute atomic E-state index is 13.7. The lowest BCUT2D eigenvalue weighted by atomic mass is 9.87. The van der Waals surface area contributed by atoms with Crippen LogP contribution >= 0.6 is 0 Å². The van der Waals surface area contributed by atoms with Crippen molar-refractivity contribution in [3.8, 4) is 0 Å². The Morgan fingerprint density at radius 3 is 2.05 bits per heavy atom. The second-order valence-corrected chi connectivity index (χ2v) is 4.51. The van der Waals surface area contributed by atoms with Crippen molar-refractivity contribution in [2.24, 2.45) is 0 Å². The third-order valence-corrected chi connectivity index (χ3v) is 3.34. The van der Waals surface area contributed by atoms with E-state index in [2.05, 4.69) is 0 Å². The van der Waals surface area contributed by atoms with E-state index in [1.807, 2.05) is 37.3 Å². The van der Waals surface area contributed by atoms with Crippen molar-refractivity contribution in [2.75, 3.05) is 0 Å². The minimum Gasteiger partial charge on any atom is -0.388 e. The molecule has 0 aliphatic heterocycles. The molecule has 0 fully saturated rings. The van der Waals surface area contributed by atoms with Crippen LogP contribution in [0.3, 0.4) is 0 Å². The summed E-state index contributed by atoms with van der Waals surface area (Å²) in [7, 11) is 0. The number of benzene rings is 2. The summed E-state index contributed by atoms with van der Waals surface area (Å²) in [5, 5.41) is 10.3. The van der Waals surface area contributed by atoms with E-state index in [4.69, 9.17) is 0 Å². The highest BCUT2D eigenvalue weighted by atomic mass is 19.1. The Balaban J connectivity index is 2.39. The summed E-state index contributed by atoms with van der Waals surface area (Å²) in [6.45, 7) is 1.89. The Labute approximate surface area is 111 Å². The first-order valence-electron chi connectivity index (χ1n) is 6.32. The third-order valence-electron chi connectivity index (χ3n) is 3.34.